The maximum absolute atomic E-state index is 13.0. The molecule has 7 heteroatoms. The van der Waals surface area contributed by atoms with E-state index in [0.29, 0.717) is 24.5 Å². The van der Waals surface area contributed by atoms with Gasteiger partial charge in [0.1, 0.15) is 5.75 Å². The second kappa shape index (κ2) is 9.39. The molecule has 1 fully saturated rings. The molecule has 6 nitrogen and oxygen atoms in total. The molecule has 162 valence electrons. The van der Waals surface area contributed by atoms with Crippen LogP contribution in [0.5, 0.6) is 17.2 Å². The van der Waals surface area contributed by atoms with E-state index in [1.54, 1.807) is 21.3 Å². The molecule has 1 aliphatic rings. The third-order valence-electron chi connectivity index (χ3n) is 5.37. The number of benzene rings is 2. The van der Waals surface area contributed by atoms with Crippen molar-refractivity contribution in [3.63, 3.8) is 0 Å². The summed E-state index contributed by atoms with van der Waals surface area (Å²) < 4.78 is 16.0. The summed E-state index contributed by atoms with van der Waals surface area (Å²) in [6.07, 6.45) is 2.63. The Balaban J connectivity index is 1.53. The summed E-state index contributed by atoms with van der Waals surface area (Å²) in [6.45, 7) is 0.570. The van der Waals surface area contributed by atoms with Gasteiger partial charge in [0, 0.05) is 23.4 Å². The third kappa shape index (κ3) is 4.82. The SMILES string of the molecule is COc1ccc(-c2csc(N(CCc3ccc(OC)c(OC)c3)C(=O)C3CC3)n2)cc1. The van der Waals surface area contributed by atoms with Crippen LogP contribution in [0.3, 0.4) is 0 Å². The highest BCUT2D eigenvalue weighted by Crippen LogP contribution is 2.35. The van der Waals surface area contributed by atoms with E-state index in [0.717, 1.165) is 40.5 Å². The van der Waals surface area contributed by atoms with E-state index in [4.69, 9.17) is 19.2 Å². The zero-order valence-electron chi connectivity index (χ0n) is 18.0. The molecule has 1 heterocycles. The predicted octanol–water partition coefficient (Wildman–Crippen LogP) is 4.82. The van der Waals surface area contributed by atoms with Gasteiger partial charge < -0.3 is 14.2 Å². The maximum atomic E-state index is 13.0. The fourth-order valence-corrected chi connectivity index (χ4v) is 4.28. The number of amides is 1. The van der Waals surface area contributed by atoms with Gasteiger partial charge in [0.05, 0.1) is 27.0 Å². The van der Waals surface area contributed by atoms with Gasteiger partial charge in [-0.25, -0.2) is 4.98 Å². The monoisotopic (exact) mass is 438 g/mol. The Morgan fingerprint density at radius 3 is 2.42 bits per heavy atom. The van der Waals surface area contributed by atoms with Crippen LogP contribution >= 0.6 is 11.3 Å². The molecule has 1 aliphatic carbocycles. The number of aromatic nitrogens is 1. The number of anilines is 1. The van der Waals surface area contributed by atoms with Crippen molar-refractivity contribution in [2.45, 2.75) is 19.3 Å². The average molecular weight is 439 g/mol. The van der Waals surface area contributed by atoms with Crippen molar-refractivity contribution in [3.8, 4) is 28.5 Å². The summed E-state index contributed by atoms with van der Waals surface area (Å²) in [5.74, 6) is 2.48. The minimum absolute atomic E-state index is 0.124. The van der Waals surface area contributed by atoms with E-state index < -0.39 is 0 Å². The number of carbonyl (C=O) groups is 1. The average Bonchev–Trinajstić information content (AvgIpc) is 3.56. The van der Waals surface area contributed by atoms with Gasteiger partial charge in [0.15, 0.2) is 16.6 Å². The van der Waals surface area contributed by atoms with Crippen molar-refractivity contribution < 1.29 is 19.0 Å². The zero-order valence-corrected chi connectivity index (χ0v) is 18.8. The van der Waals surface area contributed by atoms with Gasteiger partial charge in [-0.2, -0.15) is 0 Å². The summed E-state index contributed by atoms with van der Waals surface area (Å²) in [7, 11) is 4.90. The summed E-state index contributed by atoms with van der Waals surface area (Å²) >= 11 is 1.50. The van der Waals surface area contributed by atoms with Gasteiger partial charge in [0.25, 0.3) is 0 Å². The van der Waals surface area contributed by atoms with Crippen LogP contribution in [-0.2, 0) is 11.2 Å². The Morgan fingerprint density at radius 2 is 1.77 bits per heavy atom. The van der Waals surface area contributed by atoms with Crippen LogP contribution in [-0.4, -0.2) is 38.8 Å². The third-order valence-corrected chi connectivity index (χ3v) is 6.24. The number of thiazole rings is 1. The minimum atomic E-state index is 0.124. The second-order valence-electron chi connectivity index (χ2n) is 7.45. The molecule has 0 N–H and O–H groups in total. The van der Waals surface area contributed by atoms with Gasteiger partial charge in [0.2, 0.25) is 5.91 Å². The molecule has 3 aromatic rings. The molecule has 0 aliphatic heterocycles. The molecule has 0 spiro atoms. The highest BCUT2D eigenvalue weighted by molar-refractivity contribution is 7.14. The van der Waals surface area contributed by atoms with Crippen molar-refractivity contribution in [2.75, 3.05) is 32.8 Å². The van der Waals surface area contributed by atoms with E-state index >= 15 is 0 Å². The summed E-state index contributed by atoms with van der Waals surface area (Å²) in [4.78, 5) is 19.6. The molecule has 4 rings (SSSR count). The Labute approximate surface area is 186 Å². The fourth-order valence-electron chi connectivity index (χ4n) is 3.41. The molecule has 0 bridgehead atoms. The molecular weight excluding hydrogens is 412 g/mol. The lowest BCUT2D eigenvalue weighted by Gasteiger charge is -2.20. The highest BCUT2D eigenvalue weighted by atomic mass is 32.1. The number of hydrogen-bond donors (Lipinski definition) is 0. The van der Waals surface area contributed by atoms with Crippen molar-refractivity contribution >= 4 is 22.4 Å². The number of ether oxygens (including phenoxy) is 3. The molecule has 31 heavy (non-hydrogen) atoms. The first-order valence-corrected chi connectivity index (χ1v) is 11.1. The number of hydrogen-bond acceptors (Lipinski definition) is 6. The van der Waals surface area contributed by atoms with Gasteiger partial charge in [-0.15, -0.1) is 11.3 Å². The van der Waals surface area contributed by atoms with Crippen LogP contribution < -0.4 is 19.1 Å². The maximum Gasteiger partial charge on any atom is 0.231 e. The van der Waals surface area contributed by atoms with E-state index in [9.17, 15) is 4.79 Å². The Hall–Kier alpha value is -3.06. The fraction of sp³-hybridized carbons (Fsp3) is 0.333. The molecule has 1 saturated carbocycles. The molecule has 0 radical (unpaired) electrons. The minimum Gasteiger partial charge on any atom is -0.497 e. The van der Waals surface area contributed by atoms with Crippen molar-refractivity contribution in [2.24, 2.45) is 5.92 Å². The predicted molar refractivity (Wildman–Crippen MR) is 122 cm³/mol. The molecule has 1 amide bonds. The highest BCUT2D eigenvalue weighted by Gasteiger charge is 2.35. The lowest BCUT2D eigenvalue weighted by Crippen LogP contribution is -2.34. The number of nitrogens with zero attached hydrogens (tertiary/aromatic N) is 2. The van der Waals surface area contributed by atoms with E-state index in [1.807, 2.05) is 52.7 Å². The van der Waals surface area contributed by atoms with Gasteiger partial charge >= 0.3 is 0 Å². The van der Waals surface area contributed by atoms with E-state index in [-0.39, 0.29) is 11.8 Å². The summed E-state index contributed by atoms with van der Waals surface area (Å²) in [5, 5.41) is 2.74. The molecular formula is C24H26N2O4S. The number of methoxy groups -OCH3 is 3. The molecule has 2 aromatic carbocycles. The van der Waals surface area contributed by atoms with Crippen LogP contribution in [0.25, 0.3) is 11.3 Å². The second-order valence-corrected chi connectivity index (χ2v) is 8.28. The van der Waals surface area contributed by atoms with Gasteiger partial charge in [-0.1, -0.05) is 6.07 Å². The first-order valence-electron chi connectivity index (χ1n) is 10.2. The van der Waals surface area contributed by atoms with E-state index in [2.05, 4.69) is 0 Å². The Kier molecular flexibility index (Phi) is 6.42. The standard InChI is InChI=1S/C24H26N2O4S/c1-28-19-9-7-17(8-10-19)20-15-31-24(25-20)26(23(27)18-5-6-18)13-12-16-4-11-21(29-2)22(14-16)30-3/h4,7-11,14-15,18H,5-6,12-13H2,1-3H3. The Morgan fingerprint density at radius 1 is 1.03 bits per heavy atom. The smallest absolute Gasteiger partial charge is 0.231 e. The van der Waals surface area contributed by atoms with E-state index in [1.165, 1.54) is 11.3 Å². The first-order chi connectivity index (χ1) is 15.1. The molecule has 1 aromatic heterocycles. The quantitative estimate of drug-likeness (QED) is 0.479. The van der Waals surface area contributed by atoms with Gasteiger partial charge in [-0.3, -0.25) is 9.69 Å². The lowest BCUT2D eigenvalue weighted by atomic mass is 10.1. The van der Waals surface area contributed by atoms with Crippen LogP contribution in [0.15, 0.2) is 47.8 Å². The Bertz CT molecular complexity index is 1040. The lowest BCUT2D eigenvalue weighted by molar-refractivity contribution is -0.119. The normalized spacial score (nSPS) is 13.0. The van der Waals surface area contributed by atoms with Crippen LogP contribution in [0.2, 0.25) is 0 Å². The molecule has 0 saturated heterocycles. The number of carbonyl (C=O) groups excluding carboxylic acids is 1. The summed E-state index contributed by atoms with van der Waals surface area (Å²) in [6, 6.07) is 13.7. The van der Waals surface area contributed by atoms with Crippen LogP contribution in [0, 0.1) is 5.92 Å². The van der Waals surface area contributed by atoms with Crippen LogP contribution in [0.4, 0.5) is 5.13 Å². The largest absolute Gasteiger partial charge is 0.497 e. The summed E-state index contributed by atoms with van der Waals surface area (Å²) in [5.41, 5.74) is 2.95. The molecule has 0 unspecified atom stereocenters. The van der Waals surface area contributed by atoms with Crippen molar-refractivity contribution in [1.29, 1.82) is 0 Å². The van der Waals surface area contributed by atoms with Crippen LogP contribution in [0.1, 0.15) is 18.4 Å². The van der Waals surface area contributed by atoms with Crippen molar-refractivity contribution in [3.05, 3.63) is 53.4 Å². The number of rotatable bonds is 9. The molecule has 0 atom stereocenters. The van der Waals surface area contributed by atoms with Crippen molar-refractivity contribution in [1.82, 2.24) is 4.98 Å². The first kappa shape index (κ1) is 21.2. The zero-order chi connectivity index (χ0) is 21.8. The topological polar surface area (TPSA) is 60.9 Å². The van der Waals surface area contributed by atoms with Gasteiger partial charge in [-0.05, 0) is 61.2 Å².